The summed E-state index contributed by atoms with van der Waals surface area (Å²) in [5.41, 5.74) is 2.35. The average molecular weight is 290 g/mol. The molecule has 4 nitrogen and oxygen atoms in total. The van der Waals surface area contributed by atoms with Gasteiger partial charge in [0.15, 0.2) is 0 Å². The van der Waals surface area contributed by atoms with Crippen molar-refractivity contribution in [3.05, 3.63) is 35.4 Å². The third-order valence-electron chi connectivity index (χ3n) is 3.85. The first-order valence-electron chi connectivity index (χ1n) is 7.84. The lowest BCUT2D eigenvalue weighted by molar-refractivity contribution is -0.130. The van der Waals surface area contributed by atoms with E-state index in [-0.39, 0.29) is 18.1 Å². The first kappa shape index (κ1) is 16.0. The fraction of sp³-hybridized carbons (Fsp3) is 0.588. The van der Waals surface area contributed by atoms with Crippen molar-refractivity contribution in [2.45, 2.75) is 45.8 Å². The van der Waals surface area contributed by atoms with Crippen molar-refractivity contribution in [1.82, 2.24) is 10.2 Å². The lowest BCUT2D eigenvalue weighted by Gasteiger charge is -2.24. The van der Waals surface area contributed by atoms with Crippen LogP contribution in [-0.2, 0) is 9.53 Å². The summed E-state index contributed by atoms with van der Waals surface area (Å²) in [6.45, 7) is 8.15. The van der Waals surface area contributed by atoms with Crippen molar-refractivity contribution in [3.8, 4) is 0 Å². The zero-order valence-electron chi connectivity index (χ0n) is 13.3. The number of nitrogens with one attached hydrogen (secondary N) is 1. The van der Waals surface area contributed by atoms with Gasteiger partial charge < -0.3 is 9.64 Å². The van der Waals surface area contributed by atoms with E-state index in [1.807, 2.05) is 17.9 Å². The smallest absolute Gasteiger partial charge is 0.241 e. The van der Waals surface area contributed by atoms with Crippen molar-refractivity contribution in [2.75, 3.05) is 19.8 Å². The summed E-state index contributed by atoms with van der Waals surface area (Å²) in [5, 5.41) is 3.37. The molecule has 116 valence electrons. The molecule has 1 N–H and O–H groups in total. The van der Waals surface area contributed by atoms with Gasteiger partial charge in [-0.2, -0.15) is 0 Å². The Morgan fingerprint density at radius 3 is 2.86 bits per heavy atom. The minimum Gasteiger partial charge on any atom is -0.380 e. The molecule has 1 fully saturated rings. The van der Waals surface area contributed by atoms with E-state index < -0.39 is 0 Å². The molecule has 1 aromatic rings. The fourth-order valence-electron chi connectivity index (χ4n) is 2.64. The molecule has 0 spiro atoms. The zero-order valence-corrected chi connectivity index (χ0v) is 13.3. The quantitative estimate of drug-likeness (QED) is 0.785. The molecule has 2 rings (SSSR count). The molecular weight excluding hydrogens is 264 g/mol. The highest BCUT2D eigenvalue weighted by Gasteiger charge is 2.36. The standard InChI is InChI=1S/C17H26N2O2/c1-4-5-10-21-11-9-19-16(18-14(3)17(19)20)15-8-6-7-13(2)12-15/h6-8,12,14,16,18H,4-5,9-11H2,1-3H3. The Morgan fingerprint density at radius 2 is 2.14 bits per heavy atom. The van der Waals surface area contributed by atoms with Crippen LogP contribution in [0.15, 0.2) is 24.3 Å². The molecule has 1 amide bonds. The highest BCUT2D eigenvalue weighted by atomic mass is 16.5. The van der Waals surface area contributed by atoms with Gasteiger partial charge in [0.2, 0.25) is 5.91 Å². The number of aryl methyl sites for hydroxylation is 1. The Labute approximate surface area is 127 Å². The SMILES string of the molecule is CCCCOCCN1C(=O)C(C)NC1c1cccc(C)c1. The Kier molecular flexibility index (Phi) is 5.76. The number of unbranched alkanes of at least 4 members (excludes halogenated alkanes) is 1. The maximum Gasteiger partial charge on any atom is 0.241 e. The summed E-state index contributed by atoms with van der Waals surface area (Å²) in [5.74, 6) is 0.153. The second kappa shape index (κ2) is 7.57. The summed E-state index contributed by atoms with van der Waals surface area (Å²) >= 11 is 0. The lowest BCUT2D eigenvalue weighted by atomic mass is 10.1. The summed E-state index contributed by atoms with van der Waals surface area (Å²) in [7, 11) is 0. The van der Waals surface area contributed by atoms with Crippen LogP contribution >= 0.6 is 0 Å². The van der Waals surface area contributed by atoms with E-state index in [9.17, 15) is 4.79 Å². The fourth-order valence-corrected chi connectivity index (χ4v) is 2.64. The third kappa shape index (κ3) is 4.05. The molecule has 0 saturated carbocycles. The van der Waals surface area contributed by atoms with Crippen LogP contribution in [-0.4, -0.2) is 36.6 Å². The molecule has 1 heterocycles. The van der Waals surface area contributed by atoms with Gasteiger partial charge in [0.1, 0.15) is 6.17 Å². The van der Waals surface area contributed by atoms with E-state index in [0.717, 1.165) is 25.0 Å². The van der Waals surface area contributed by atoms with Crippen LogP contribution in [0.25, 0.3) is 0 Å². The van der Waals surface area contributed by atoms with Gasteiger partial charge in [-0.25, -0.2) is 0 Å². The van der Waals surface area contributed by atoms with Gasteiger partial charge in [-0.15, -0.1) is 0 Å². The van der Waals surface area contributed by atoms with E-state index in [0.29, 0.717) is 13.2 Å². The van der Waals surface area contributed by atoms with Crippen LogP contribution < -0.4 is 5.32 Å². The van der Waals surface area contributed by atoms with Crippen molar-refractivity contribution in [3.63, 3.8) is 0 Å². The van der Waals surface area contributed by atoms with Gasteiger partial charge in [0, 0.05) is 13.2 Å². The van der Waals surface area contributed by atoms with Gasteiger partial charge in [-0.05, 0) is 25.8 Å². The molecule has 1 saturated heterocycles. The van der Waals surface area contributed by atoms with Gasteiger partial charge in [-0.3, -0.25) is 10.1 Å². The Hall–Kier alpha value is -1.39. The average Bonchev–Trinajstić information content (AvgIpc) is 2.75. The van der Waals surface area contributed by atoms with Gasteiger partial charge in [-0.1, -0.05) is 43.2 Å². The van der Waals surface area contributed by atoms with Crippen LogP contribution in [0.5, 0.6) is 0 Å². The summed E-state index contributed by atoms with van der Waals surface area (Å²) in [6, 6.07) is 8.18. The van der Waals surface area contributed by atoms with Crippen LogP contribution in [0, 0.1) is 6.92 Å². The Bertz CT molecular complexity index is 476. The molecule has 2 unspecified atom stereocenters. The topological polar surface area (TPSA) is 41.6 Å². The van der Waals surface area contributed by atoms with Crippen LogP contribution in [0.1, 0.15) is 44.0 Å². The molecule has 21 heavy (non-hydrogen) atoms. The molecular formula is C17H26N2O2. The second-order valence-electron chi connectivity index (χ2n) is 5.70. The summed E-state index contributed by atoms with van der Waals surface area (Å²) < 4.78 is 5.61. The molecule has 1 aliphatic rings. The van der Waals surface area contributed by atoms with Gasteiger partial charge >= 0.3 is 0 Å². The number of hydrogen-bond acceptors (Lipinski definition) is 3. The van der Waals surface area contributed by atoms with Crippen molar-refractivity contribution in [2.24, 2.45) is 0 Å². The third-order valence-corrected chi connectivity index (χ3v) is 3.85. The van der Waals surface area contributed by atoms with Gasteiger partial charge in [0.25, 0.3) is 0 Å². The molecule has 0 bridgehead atoms. The van der Waals surface area contributed by atoms with E-state index in [4.69, 9.17) is 4.74 Å². The maximum atomic E-state index is 12.3. The minimum absolute atomic E-state index is 0.0397. The number of benzene rings is 1. The molecule has 1 aliphatic heterocycles. The van der Waals surface area contributed by atoms with Gasteiger partial charge in [0.05, 0.1) is 12.6 Å². The molecule has 0 aromatic heterocycles. The predicted molar refractivity (Wildman–Crippen MR) is 84.0 cm³/mol. The number of nitrogens with zero attached hydrogens (tertiary/aromatic N) is 1. The highest BCUT2D eigenvalue weighted by Crippen LogP contribution is 2.25. The number of carbonyl (C=O) groups excluding carboxylic acids is 1. The monoisotopic (exact) mass is 290 g/mol. The largest absolute Gasteiger partial charge is 0.380 e. The highest BCUT2D eigenvalue weighted by molar-refractivity contribution is 5.84. The summed E-state index contributed by atoms with van der Waals surface area (Å²) in [6.07, 6.45) is 2.17. The van der Waals surface area contributed by atoms with Crippen molar-refractivity contribution in [1.29, 1.82) is 0 Å². The molecule has 4 heteroatoms. The first-order chi connectivity index (χ1) is 10.1. The van der Waals surface area contributed by atoms with Crippen molar-refractivity contribution >= 4 is 5.91 Å². The minimum atomic E-state index is -0.133. The Morgan fingerprint density at radius 1 is 1.33 bits per heavy atom. The van der Waals surface area contributed by atoms with E-state index in [1.54, 1.807) is 0 Å². The second-order valence-corrected chi connectivity index (χ2v) is 5.70. The number of ether oxygens (including phenoxy) is 1. The first-order valence-corrected chi connectivity index (χ1v) is 7.84. The summed E-state index contributed by atoms with van der Waals surface area (Å²) in [4.78, 5) is 14.2. The molecule has 0 radical (unpaired) electrons. The molecule has 1 aromatic carbocycles. The maximum absolute atomic E-state index is 12.3. The number of rotatable bonds is 7. The number of carbonyl (C=O) groups is 1. The molecule has 0 aliphatic carbocycles. The van der Waals surface area contributed by atoms with E-state index in [1.165, 1.54) is 5.56 Å². The normalized spacial score (nSPS) is 22.0. The van der Waals surface area contributed by atoms with E-state index >= 15 is 0 Å². The van der Waals surface area contributed by atoms with Crippen LogP contribution in [0.4, 0.5) is 0 Å². The number of amides is 1. The Balaban J connectivity index is 2.00. The lowest BCUT2D eigenvalue weighted by Crippen LogP contribution is -2.33. The zero-order chi connectivity index (χ0) is 15.2. The van der Waals surface area contributed by atoms with Crippen molar-refractivity contribution < 1.29 is 9.53 Å². The van der Waals surface area contributed by atoms with Crippen LogP contribution in [0.3, 0.4) is 0 Å². The van der Waals surface area contributed by atoms with E-state index in [2.05, 4.69) is 37.4 Å². The predicted octanol–water partition coefficient (Wildman–Crippen LogP) is 2.63. The number of hydrogen-bond donors (Lipinski definition) is 1. The molecule has 2 atom stereocenters. The van der Waals surface area contributed by atoms with Crippen LogP contribution in [0.2, 0.25) is 0 Å².